The van der Waals surface area contributed by atoms with Gasteiger partial charge in [-0.05, 0) is 18.2 Å². The lowest BCUT2D eigenvalue weighted by Crippen LogP contribution is -2.49. The van der Waals surface area contributed by atoms with Gasteiger partial charge in [-0.15, -0.1) is 0 Å². The van der Waals surface area contributed by atoms with Gasteiger partial charge in [0.2, 0.25) is 0 Å². The molecule has 1 aliphatic heterocycles. The highest BCUT2D eigenvalue weighted by molar-refractivity contribution is 6.42. The highest BCUT2D eigenvalue weighted by Gasteiger charge is 2.31. The highest BCUT2D eigenvalue weighted by Crippen LogP contribution is 2.34. The molecule has 0 bridgehead atoms. The zero-order valence-corrected chi connectivity index (χ0v) is 15.8. The van der Waals surface area contributed by atoms with E-state index >= 15 is 0 Å². The van der Waals surface area contributed by atoms with E-state index in [4.69, 9.17) is 34.8 Å². The zero-order valence-electron chi connectivity index (χ0n) is 13.5. The fourth-order valence-electron chi connectivity index (χ4n) is 2.82. The Hall–Kier alpha value is -1.70. The standard InChI is InChI=1S/C17H11Cl3F4N2O/c18-9-2-1-8(7-10(9)19)17(27)26-5-3-25(4-6-26)16-14(23)12(21)11(20)13(22)15(16)24/h1-2,7H,3-6H2. The normalized spacial score (nSPS) is 14.6. The molecule has 0 spiro atoms. The second-order valence-corrected chi connectivity index (χ2v) is 7.02. The molecule has 1 heterocycles. The van der Waals surface area contributed by atoms with E-state index in [-0.39, 0.29) is 37.1 Å². The Morgan fingerprint density at radius 1 is 0.815 bits per heavy atom. The van der Waals surface area contributed by atoms with Crippen molar-refractivity contribution in [2.75, 3.05) is 31.1 Å². The molecule has 0 radical (unpaired) electrons. The third-order valence-electron chi connectivity index (χ3n) is 4.24. The molecular weight excluding hydrogens is 431 g/mol. The van der Waals surface area contributed by atoms with E-state index in [1.54, 1.807) is 0 Å². The van der Waals surface area contributed by atoms with Crippen molar-refractivity contribution in [1.29, 1.82) is 0 Å². The van der Waals surface area contributed by atoms with Crippen LogP contribution in [0.15, 0.2) is 18.2 Å². The first-order chi connectivity index (χ1) is 12.7. The average molecular weight is 442 g/mol. The van der Waals surface area contributed by atoms with Crippen LogP contribution in [0.5, 0.6) is 0 Å². The minimum atomic E-state index is -1.65. The molecule has 2 aromatic carbocycles. The molecule has 0 unspecified atom stereocenters. The molecule has 2 aromatic rings. The first-order valence-electron chi connectivity index (χ1n) is 7.73. The van der Waals surface area contributed by atoms with E-state index in [1.165, 1.54) is 23.1 Å². The topological polar surface area (TPSA) is 23.6 Å². The largest absolute Gasteiger partial charge is 0.363 e. The van der Waals surface area contributed by atoms with Crippen LogP contribution in [0.2, 0.25) is 15.1 Å². The van der Waals surface area contributed by atoms with Crippen molar-refractivity contribution in [3.05, 3.63) is 62.1 Å². The molecule has 27 heavy (non-hydrogen) atoms. The Labute approximate surface area is 167 Å². The third-order valence-corrected chi connectivity index (χ3v) is 5.31. The molecule has 1 fully saturated rings. The molecule has 144 valence electrons. The summed E-state index contributed by atoms with van der Waals surface area (Å²) in [4.78, 5) is 15.1. The molecule has 0 aromatic heterocycles. The maximum Gasteiger partial charge on any atom is 0.254 e. The van der Waals surface area contributed by atoms with Gasteiger partial charge in [-0.1, -0.05) is 34.8 Å². The number of halogens is 7. The van der Waals surface area contributed by atoms with E-state index in [1.807, 2.05) is 0 Å². The lowest BCUT2D eigenvalue weighted by molar-refractivity contribution is 0.0746. The predicted octanol–water partition coefficient (Wildman–Crippen LogP) is 5.17. The fourth-order valence-corrected chi connectivity index (χ4v) is 3.28. The summed E-state index contributed by atoms with van der Waals surface area (Å²) in [7, 11) is 0. The SMILES string of the molecule is O=C(c1ccc(Cl)c(Cl)c1)N1CCN(c2c(F)c(F)c(Cl)c(F)c2F)CC1. The number of nitrogens with zero attached hydrogens (tertiary/aromatic N) is 2. The van der Waals surface area contributed by atoms with Crippen molar-refractivity contribution in [3.8, 4) is 0 Å². The second kappa shape index (κ2) is 7.73. The van der Waals surface area contributed by atoms with Crippen LogP contribution in [0.3, 0.4) is 0 Å². The van der Waals surface area contributed by atoms with Gasteiger partial charge in [-0.3, -0.25) is 4.79 Å². The molecule has 0 N–H and O–H groups in total. The van der Waals surface area contributed by atoms with Crippen molar-refractivity contribution in [1.82, 2.24) is 4.90 Å². The summed E-state index contributed by atoms with van der Waals surface area (Å²) < 4.78 is 55.5. The minimum absolute atomic E-state index is 0.0264. The van der Waals surface area contributed by atoms with Crippen LogP contribution in [-0.2, 0) is 0 Å². The Bertz CT molecular complexity index is 889. The number of carbonyl (C=O) groups is 1. The highest BCUT2D eigenvalue weighted by atomic mass is 35.5. The Morgan fingerprint density at radius 3 is 1.89 bits per heavy atom. The van der Waals surface area contributed by atoms with Gasteiger partial charge in [0.05, 0.1) is 10.0 Å². The molecule has 0 atom stereocenters. The second-order valence-electron chi connectivity index (χ2n) is 5.83. The smallest absolute Gasteiger partial charge is 0.254 e. The first-order valence-corrected chi connectivity index (χ1v) is 8.86. The number of benzene rings is 2. The van der Waals surface area contributed by atoms with Gasteiger partial charge in [-0.2, -0.15) is 0 Å². The fraction of sp³-hybridized carbons (Fsp3) is 0.235. The van der Waals surface area contributed by atoms with E-state index in [0.717, 1.165) is 4.90 Å². The summed E-state index contributed by atoms with van der Waals surface area (Å²) in [6, 6.07) is 4.41. The molecule has 0 saturated carbocycles. The minimum Gasteiger partial charge on any atom is -0.363 e. The van der Waals surface area contributed by atoms with E-state index in [9.17, 15) is 22.4 Å². The number of hydrogen-bond acceptors (Lipinski definition) is 2. The van der Waals surface area contributed by atoms with Crippen LogP contribution in [0.1, 0.15) is 10.4 Å². The molecular formula is C17H11Cl3F4N2O. The third kappa shape index (κ3) is 3.68. The number of rotatable bonds is 2. The summed E-state index contributed by atoms with van der Waals surface area (Å²) >= 11 is 17.0. The van der Waals surface area contributed by atoms with Crippen molar-refractivity contribution in [3.63, 3.8) is 0 Å². The molecule has 3 nitrogen and oxygen atoms in total. The van der Waals surface area contributed by atoms with E-state index in [2.05, 4.69) is 0 Å². The van der Waals surface area contributed by atoms with Crippen LogP contribution in [-0.4, -0.2) is 37.0 Å². The summed E-state index contributed by atoms with van der Waals surface area (Å²) in [6.45, 7) is 0.122. The number of hydrogen-bond donors (Lipinski definition) is 0. The number of anilines is 1. The predicted molar refractivity (Wildman–Crippen MR) is 95.9 cm³/mol. The summed E-state index contributed by atoms with van der Waals surface area (Å²) in [5.41, 5.74) is -0.533. The maximum atomic E-state index is 14.1. The molecule has 3 rings (SSSR count). The van der Waals surface area contributed by atoms with Crippen LogP contribution < -0.4 is 4.90 Å². The van der Waals surface area contributed by atoms with Gasteiger partial charge in [0.1, 0.15) is 10.7 Å². The Kier molecular flexibility index (Phi) is 5.74. The zero-order chi connectivity index (χ0) is 19.9. The van der Waals surface area contributed by atoms with Crippen molar-refractivity contribution >= 4 is 46.4 Å². The number of amides is 1. The summed E-state index contributed by atoms with van der Waals surface area (Å²) in [6.07, 6.45) is 0. The first kappa shape index (κ1) is 20.0. The van der Waals surface area contributed by atoms with Crippen LogP contribution in [0.25, 0.3) is 0 Å². The summed E-state index contributed by atoms with van der Waals surface area (Å²) in [5.74, 6) is -6.78. The molecule has 1 aliphatic rings. The van der Waals surface area contributed by atoms with Crippen molar-refractivity contribution in [2.24, 2.45) is 0 Å². The monoisotopic (exact) mass is 440 g/mol. The van der Waals surface area contributed by atoms with Gasteiger partial charge in [0.25, 0.3) is 5.91 Å². The average Bonchev–Trinajstić information content (AvgIpc) is 2.67. The summed E-state index contributed by atoms with van der Waals surface area (Å²) in [5, 5.41) is -0.713. The van der Waals surface area contributed by atoms with E-state index in [0.29, 0.717) is 10.6 Å². The molecule has 1 saturated heterocycles. The van der Waals surface area contributed by atoms with Crippen molar-refractivity contribution in [2.45, 2.75) is 0 Å². The number of piperazine rings is 1. The lowest BCUT2D eigenvalue weighted by Gasteiger charge is -2.36. The lowest BCUT2D eigenvalue weighted by atomic mass is 10.1. The van der Waals surface area contributed by atoms with Gasteiger partial charge >= 0.3 is 0 Å². The molecule has 10 heteroatoms. The van der Waals surface area contributed by atoms with Gasteiger partial charge in [0, 0.05) is 31.7 Å². The van der Waals surface area contributed by atoms with E-state index < -0.39 is 34.0 Å². The van der Waals surface area contributed by atoms with Crippen molar-refractivity contribution < 1.29 is 22.4 Å². The van der Waals surface area contributed by atoms with Crippen LogP contribution in [0, 0.1) is 23.3 Å². The number of carbonyl (C=O) groups excluding carboxylic acids is 1. The van der Waals surface area contributed by atoms with Gasteiger partial charge in [-0.25, -0.2) is 17.6 Å². The van der Waals surface area contributed by atoms with Crippen LogP contribution in [0.4, 0.5) is 23.2 Å². The maximum absolute atomic E-state index is 14.1. The van der Waals surface area contributed by atoms with Gasteiger partial charge in [0.15, 0.2) is 23.3 Å². The quantitative estimate of drug-likeness (QED) is 0.365. The molecule has 0 aliphatic carbocycles. The Balaban J connectivity index is 1.78. The van der Waals surface area contributed by atoms with Crippen LogP contribution >= 0.6 is 34.8 Å². The Morgan fingerprint density at radius 2 is 1.37 bits per heavy atom. The molecule has 1 amide bonds. The van der Waals surface area contributed by atoms with Gasteiger partial charge < -0.3 is 9.80 Å².